The van der Waals surface area contributed by atoms with E-state index in [2.05, 4.69) is 10.00 Å². The van der Waals surface area contributed by atoms with Crippen LogP contribution in [0.15, 0.2) is 36.4 Å². The van der Waals surface area contributed by atoms with E-state index < -0.39 is 11.2 Å². The van der Waals surface area contributed by atoms with Crippen molar-refractivity contribution in [2.75, 3.05) is 18.0 Å². The highest BCUT2D eigenvalue weighted by Crippen LogP contribution is 2.31. The molecule has 7 heteroatoms. The molecule has 3 heterocycles. The maximum absolute atomic E-state index is 13.0. The molecule has 4 rings (SSSR count). The van der Waals surface area contributed by atoms with Crippen LogP contribution < -0.4 is 4.90 Å². The number of hydrogen-bond acceptors (Lipinski definition) is 6. The molecule has 7 nitrogen and oxygen atoms in total. The first-order chi connectivity index (χ1) is 15.4. The smallest absolute Gasteiger partial charge is 0.168 e. The zero-order valence-electron chi connectivity index (χ0n) is 20.2. The molecule has 33 heavy (non-hydrogen) atoms. The number of aliphatic hydroxyl groups is 2. The summed E-state index contributed by atoms with van der Waals surface area (Å²) in [6.07, 6.45) is 1.99. The van der Waals surface area contributed by atoms with Crippen LogP contribution in [0.3, 0.4) is 0 Å². The quantitative estimate of drug-likeness (QED) is 0.557. The van der Waals surface area contributed by atoms with E-state index in [-0.39, 0.29) is 18.1 Å². The number of piperidine rings is 1. The highest BCUT2D eigenvalue weighted by atomic mass is 16.3. The Labute approximate surface area is 195 Å². The fourth-order valence-electron chi connectivity index (χ4n) is 4.59. The molecule has 0 atom stereocenters. The van der Waals surface area contributed by atoms with Gasteiger partial charge in [-0.15, -0.1) is 0 Å². The second-order valence-corrected chi connectivity index (χ2v) is 10.3. The molecule has 0 unspecified atom stereocenters. The predicted molar refractivity (Wildman–Crippen MR) is 129 cm³/mol. The molecule has 0 spiro atoms. The van der Waals surface area contributed by atoms with Gasteiger partial charge < -0.3 is 15.1 Å². The number of anilines is 1. The third kappa shape index (κ3) is 5.09. The topological polar surface area (TPSA) is 91.0 Å². The Bertz CT molecular complexity index is 1150. The summed E-state index contributed by atoms with van der Waals surface area (Å²) in [5.74, 6) is 1.18. The van der Waals surface area contributed by atoms with Gasteiger partial charge in [0.1, 0.15) is 5.82 Å². The SMILES string of the molecule is Cc1cc2nc(CC(=O)c3ccc(C(C)(C)O)cc3)cc(N3CCC(C(C)(C)O)CC3)n2n1. The molecule has 0 bridgehead atoms. The number of aromatic nitrogens is 3. The molecule has 2 N–H and O–H groups in total. The minimum absolute atomic E-state index is 0.0166. The van der Waals surface area contributed by atoms with Gasteiger partial charge in [0.05, 0.1) is 29.0 Å². The van der Waals surface area contributed by atoms with Crippen molar-refractivity contribution in [3.63, 3.8) is 0 Å². The second kappa shape index (κ2) is 8.54. The average molecular weight is 451 g/mol. The Hall–Kier alpha value is -2.77. The van der Waals surface area contributed by atoms with Crippen molar-refractivity contribution < 1.29 is 15.0 Å². The summed E-state index contributed by atoms with van der Waals surface area (Å²) in [6, 6.07) is 11.0. The third-order valence-electron chi connectivity index (χ3n) is 6.66. The number of carbonyl (C=O) groups is 1. The molecule has 0 aliphatic carbocycles. The van der Waals surface area contributed by atoms with E-state index in [4.69, 9.17) is 4.98 Å². The molecule has 1 fully saturated rings. The highest BCUT2D eigenvalue weighted by Gasteiger charge is 2.31. The first kappa shape index (κ1) is 23.4. The number of rotatable bonds is 6. The number of hydrogen-bond donors (Lipinski definition) is 2. The zero-order valence-corrected chi connectivity index (χ0v) is 20.2. The van der Waals surface area contributed by atoms with Gasteiger partial charge in [-0.3, -0.25) is 4.79 Å². The van der Waals surface area contributed by atoms with Crippen molar-refractivity contribution in [1.82, 2.24) is 14.6 Å². The molecule has 3 aromatic rings. The Kier molecular flexibility index (Phi) is 6.05. The van der Waals surface area contributed by atoms with Gasteiger partial charge in [-0.05, 0) is 58.9 Å². The maximum Gasteiger partial charge on any atom is 0.168 e. The lowest BCUT2D eigenvalue weighted by Gasteiger charge is -2.38. The first-order valence-corrected chi connectivity index (χ1v) is 11.6. The van der Waals surface area contributed by atoms with Gasteiger partial charge in [0.2, 0.25) is 0 Å². The lowest BCUT2D eigenvalue weighted by atomic mass is 9.83. The number of aryl methyl sites for hydroxylation is 1. The van der Waals surface area contributed by atoms with Crippen LogP contribution in [0.1, 0.15) is 67.8 Å². The van der Waals surface area contributed by atoms with Gasteiger partial charge in [0, 0.05) is 30.8 Å². The number of Topliss-reactive ketones (excluding diaryl/α,β-unsaturated/α-hetero) is 1. The van der Waals surface area contributed by atoms with E-state index >= 15 is 0 Å². The molecule has 1 aliphatic rings. The molecule has 1 aromatic carbocycles. The standard InChI is InChI=1S/C26H34N4O3/c1-17-14-23-27-21(15-22(31)18-6-8-19(9-7-18)25(2,3)32)16-24(30(23)28-17)29-12-10-20(11-13-29)26(4,5)33/h6-9,14,16,20,32-33H,10-13,15H2,1-5H3. The summed E-state index contributed by atoms with van der Waals surface area (Å²) in [7, 11) is 0. The van der Waals surface area contributed by atoms with Crippen molar-refractivity contribution in [3.05, 3.63) is 58.9 Å². The van der Waals surface area contributed by atoms with Crippen molar-refractivity contribution >= 4 is 17.2 Å². The Morgan fingerprint density at radius 3 is 2.27 bits per heavy atom. The largest absolute Gasteiger partial charge is 0.390 e. The maximum atomic E-state index is 13.0. The van der Waals surface area contributed by atoms with E-state index in [1.807, 2.05) is 37.4 Å². The second-order valence-electron chi connectivity index (χ2n) is 10.3. The summed E-state index contributed by atoms with van der Waals surface area (Å²) in [5, 5.41) is 25.2. The van der Waals surface area contributed by atoms with Crippen molar-refractivity contribution in [1.29, 1.82) is 0 Å². The summed E-state index contributed by atoms with van der Waals surface area (Å²) in [5.41, 5.74) is 2.06. The number of fused-ring (bicyclic) bond motifs is 1. The molecule has 0 amide bonds. The molecule has 0 saturated carbocycles. The molecule has 176 valence electrons. The summed E-state index contributed by atoms with van der Waals surface area (Å²) in [4.78, 5) is 20.0. The van der Waals surface area contributed by atoms with Gasteiger partial charge in [-0.2, -0.15) is 9.61 Å². The van der Waals surface area contributed by atoms with Gasteiger partial charge >= 0.3 is 0 Å². The minimum Gasteiger partial charge on any atom is -0.390 e. The van der Waals surface area contributed by atoms with Crippen LogP contribution in [0.2, 0.25) is 0 Å². The van der Waals surface area contributed by atoms with Crippen LogP contribution in [0.25, 0.3) is 5.65 Å². The van der Waals surface area contributed by atoms with E-state index in [0.717, 1.165) is 48.7 Å². The Morgan fingerprint density at radius 1 is 1.06 bits per heavy atom. The van der Waals surface area contributed by atoms with Crippen molar-refractivity contribution in [2.45, 2.75) is 65.1 Å². The Morgan fingerprint density at radius 2 is 1.70 bits per heavy atom. The fourth-order valence-corrected chi connectivity index (χ4v) is 4.59. The molecule has 1 saturated heterocycles. The number of carbonyl (C=O) groups excluding carboxylic acids is 1. The lowest BCUT2D eigenvalue weighted by molar-refractivity contribution is 0.00642. The summed E-state index contributed by atoms with van der Waals surface area (Å²) in [6.45, 7) is 10.8. The van der Waals surface area contributed by atoms with Gasteiger partial charge in [0.15, 0.2) is 11.4 Å². The monoisotopic (exact) mass is 450 g/mol. The molecular weight excluding hydrogens is 416 g/mol. The number of benzene rings is 1. The summed E-state index contributed by atoms with van der Waals surface area (Å²) < 4.78 is 1.85. The van der Waals surface area contributed by atoms with Gasteiger partial charge in [0.25, 0.3) is 0 Å². The van der Waals surface area contributed by atoms with Crippen LogP contribution >= 0.6 is 0 Å². The molecule has 0 radical (unpaired) electrons. The minimum atomic E-state index is -0.943. The van der Waals surface area contributed by atoms with Crippen LogP contribution in [-0.4, -0.2) is 49.3 Å². The van der Waals surface area contributed by atoms with Crippen molar-refractivity contribution in [2.24, 2.45) is 5.92 Å². The van der Waals surface area contributed by atoms with Crippen LogP contribution in [0.4, 0.5) is 5.82 Å². The fraction of sp³-hybridized carbons (Fsp3) is 0.500. The molecule has 2 aromatic heterocycles. The molecular formula is C26H34N4O3. The van der Waals surface area contributed by atoms with Crippen LogP contribution in [-0.2, 0) is 12.0 Å². The summed E-state index contributed by atoms with van der Waals surface area (Å²) >= 11 is 0. The average Bonchev–Trinajstić information content (AvgIpc) is 3.12. The van der Waals surface area contributed by atoms with Gasteiger partial charge in [-0.25, -0.2) is 4.98 Å². The van der Waals surface area contributed by atoms with Crippen LogP contribution in [0.5, 0.6) is 0 Å². The van der Waals surface area contributed by atoms with E-state index in [1.165, 1.54) is 0 Å². The third-order valence-corrected chi connectivity index (χ3v) is 6.66. The number of ketones is 1. The lowest BCUT2D eigenvalue weighted by Crippen LogP contribution is -2.42. The Balaban J connectivity index is 1.58. The first-order valence-electron chi connectivity index (χ1n) is 11.6. The van der Waals surface area contributed by atoms with Crippen molar-refractivity contribution in [3.8, 4) is 0 Å². The van der Waals surface area contributed by atoms with Gasteiger partial charge in [-0.1, -0.05) is 24.3 Å². The predicted octanol–water partition coefficient (Wildman–Crippen LogP) is 3.68. The zero-order chi connectivity index (χ0) is 24.0. The normalized spacial score (nSPS) is 15.9. The van der Waals surface area contributed by atoms with E-state index in [0.29, 0.717) is 11.3 Å². The number of nitrogens with zero attached hydrogens (tertiary/aromatic N) is 4. The van der Waals surface area contributed by atoms with E-state index in [9.17, 15) is 15.0 Å². The van der Waals surface area contributed by atoms with Crippen LogP contribution in [0, 0.1) is 12.8 Å². The highest BCUT2D eigenvalue weighted by molar-refractivity contribution is 5.97. The van der Waals surface area contributed by atoms with E-state index in [1.54, 1.807) is 38.1 Å². The molecule has 1 aliphatic heterocycles.